The Hall–Kier alpha value is -1.26. The number of piperidine rings is 1. The van der Waals surface area contributed by atoms with Crippen LogP contribution in [0, 0.1) is 6.92 Å². The van der Waals surface area contributed by atoms with E-state index >= 15 is 0 Å². The van der Waals surface area contributed by atoms with E-state index < -0.39 is 0 Å². The van der Waals surface area contributed by atoms with Gasteiger partial charge in [-0.05, 0) is 56.6 Å². The van der Waals surface area contributed by atoms with Crippen molar-refractivity contribution in [1.82, 2.24) is 10.2 Å². The van der Waals surface area contributed by atoms with E-state index in [4.69, 9.17) is 9.47 Å². The van der Waals surface area contributed by atoms with E-state index in [9.17, 15) is 0 Å². The van der Waals surface area contributed by atoms with Crippen molar-refractivity contribution in [3.63, 3.8) is 0 Å². The van der Waals surface area contributed by atoms with Gasteiger partial charge in [0.15, 0.2) is 11.5 Å². The first-order chi connectivity index (χ1) is 10.1. The van der Waals surface area contributed by atoms with Gasteiger partial charge in [-0.1, -0.05) is 6.42 Å². The number of ether oxygens (including phenoxy) is 2. The van der Waals surface area contributed by atoms with E-state index in [-0.39, 0.29) is 0 Å². The molecule has 1 saturated heterocycles. The Bertz CT molecular complexity index is 456. The monoisotopic (exact) mass is 292 g/mol. The number of hydrogen-bond acceptors (Lipinski definition) is 4. The van der Waals surface area contributed by atoms with Gasteiger partial charge < -0.3 is 19.7 Å². The van der Waals surface area contributed by atoms with Gasteiger partial charge >= 0.3 is 0 Å². The average Bonchev–Trinajstić information content (AvgIpc) is 2.49. The molecule has 4 nitrogen and oxygen atoms in total. The highest BCUT2D eigenvalue weighted by Crippen LogP contribution is 2.30. The second kappa shape index (κ2) is 7.66. The molecule has 1 fully saturated rings. The minimum Gasteiger partial charge on any atom is -0.493 e. The summed E-state index contributed by atoms with van der Waals surface area (Å²) < 4.78 is 10.8. The molecule has 1 heterocycles. The maximum absolute atomic E-state index is 5.41. The molecule has 1 aliphatic rings. The molecule has 0 spiro atoms. The van der Waals surface area contributed by atoms with Crippen LogP contribution in [-0.4, -0.2) is 45.3 Å². The summed E-state index contributed by atoms with van der Waals surface area (Å²) in [5, 5.41) is 3.60. The number of methoxy groups -OCH3 is 2. The van der Waals surface area contributed by atoms with E-state index in [2.05, 4.69) is 36.3 Å². The standard InChI is InChI=1S/C17H28N2O2/c1-13-9-16(20-3)17(21-4)10-14(13)11-19(2)12-15-7-5-6-8-18-15/h9-10,15,18H,5-8,11-12H2,1-4H3. The van der Waals surface area contributed by atoms with Crippen LogP contribution >= 0.6 is 0 Å². The highest BCUT2D eigenvalue weighted by Gasteiger charge is 2.16. The van der Waals surface area contributed by atoms with Crippen molar-refractivity contribution in [1.29, 1.82) is 0 Å². The van der Waals surface area contributed by atoms with Gasteiger partial charge in [0.25, 0.3) is 0 Å². The molecule has 0 bridgehead atoms. The lowest BCUT2D eigenvalue weighted by molar-refractivity contribution is 0.255. The fourth-order valence-electron chi connectivity index (χ4n) is 3.00. The lowest BCUT2D eigenvalue weighted by Gasteiger charge is -2.28. The molecule has 0 aromatic heterocycles. The first-order valence-electron chi connectivity index (χ1n) is 7.77. The Labute approximate surface area is 128 Å². The number of nitrogens with zero attached hydrogens (tertiary/aromatic N) is 1. The van der Waals surface area contributed by atoms with Crippen LogP contribution in [0.5, 0.6) is 11.5 Å². The van der Waals surface area contributed by atoms with Crippen molar-refractivity contribution >= 4 is 0 Å². The number of nitrogens with one attached hydrogen (secondary N) is 1. The van der Waals surface area contributed by atoms with E-state index in [1.807, 2.05) is 0 Å². The van der Waals surface area contributed by atoms with E-state index in [1.165, 1.54) is 30.4 Å². The maximum atomic E-state index is 5.41. The Morgan fingerprint density at radius 3 is 2.52 bits per heavy atom. The van der Waals surface area contributed by atoms with Crippen LogP contribution in [-0.2, 0) is 6.54 Å². The summed E-state index contributed by atoms with van der Waals surface area (Å²) in [6, 6.07) is 4.78. The third-order valence-electron chi connectivity index (χ3n) is 4.23. The molecule has 1 aliphatic heterocycles. The second-order valence-corrected chi connectivity index (χ2v) is 5.98. The third kappa shape index (κ3) is 4.35. The van der Waals surface area contributed by atoms with Crippen molar-refractivity contribution in [2.45, 2.75) is 38.8 Å². The molecular formula is C17H28N2O2. The molecule has 1 aromatic rings. The Kier molecular flexibility index (Phi) is 5.88. The van der Waals surface area contributed by atoms with Crippen LogP contribution in [0.2, 0.25) is 0 Å². The number of benzene rings is 1. The van der Waals surface area contributed by atoms with Crippen LogP contribution in [0.4, 0.5) is 0 Å². The lowest BCUT2D eigenvalue weighted by atomic mass is 10.0. The van der Waals surface area contributed by atoms with Crippen molar-refractivity contribution in [2.24, 2.45) is 0 Å². The average molecular weight is 292 g/mol. The first kappa shape index (κ1) is 16.1. The minimum atomic E-state index is 0.629. The largest absolute Gasteiger partial charge is 0.493 e. The Morgan fingerprint density at radius 1 is 1.19 bits per heavy atom. The summed E-state index contributed by atoms with van der Waals surface area (Å²) in [6.45, 7) is 5.32. The SMILES string of the molecule is COc1cc(C)c(CN(C)CC2CCCCN2)cc1OC. The van der Waals surface area contributed by atoms with Gasteiger partial charge in [-0.2, -0.15) is 0 Å². The second-order valence-electron chi connectivity index (χ2n) is 5.98. The fourth-order valence-corrected chi connectivity index (χ4v) is 3.00. The number of aryl methyl sites for hydroxylation is 1. The topological polar surface area (TPSA) is 33.7 Å². The molecule has 0 aliphatic carbocycles. The van der Waals surface area contributed by atoms with Gasteiger partial charge in [0.2, 0.25) is 0 Å². The quantitative estimate of drug-likeness (QED) is 0.874. The summed E-state index contributed by atoms with van der Waals surface area (Å²) in [7, 11) is 5.55. The normalized spacial score (nSPS) is 18.8. The summed E-state index contributed by atoms with van der Waals surface area (Å²) in [6.07, 6.45) is 3.95. The molecule has 118 valence electrons. The smallest absolute Gasteiger partial charge is 0.161 e. The van der Waals surface area contributed by atoms with Crippen molar-refractivity contribution < 1.29 is 9.47 Å². The molecule has 1 atom stereocenters. The van der Waals surface area contributed by atoms with Crippen LogP contribution in [0.1, 0.15) is 30.4 Å². The number of hydrogen-bond donors (Lipinski definition) is 1. The maximum Gasteiger partial charge on any atom is 0.161 e. The minimum absolute atomic E-state index is 0.629. The Balaban J connectivity index is 2.00. The first-order valence-corrected chi connectivity index (χ1v) is 7.77. The summed E-state index contributed by atoms with van der Waals surface area (Å²) in [5.74, 6) is 1.61. The highest BCUT2D eigenvalue weighted by atomic mass is 16.5. The number of likely N-dealkylation sites (N-methyl/N-ethyl adjacent to an activating group) is 1. The zero-order valence-electron chi connectivity index (χ0n) is 13.7. The van der Waals surface area contributed by atoms with Crippen LogP contribution in [0.25, 0.3) is 0 Å². The van der Waals surface area contributed by atoms with Gasteiger partial charge in [0.1, 0.15) is 0 Å². The summed E-state index contributed by atoms with van der Waals surface area (Å²) in [4.78, 5) is 2.39. The molecule has 21 heavy (non-hydrogen) atoms. The molecular weight excluding hydrogens is 264 g/mol. The van der Waals surface area contributed by atoms with E-state index in [0.717, 1.165) is 31.1 Å². The summed E-state index contributed by atoms with van der Waals surface area (Å²) >= 11 is 0. The van der Waals surface area contributed by atoms with Crippen molar-refractivity contribution in [2.75, 3.05) is 34.4 Å². The predicted molar refractivity (Wildman–Crippen MR) is 86.3 cm³/mol. The molecule has 1 unspecified atom stereocenters. The molecule has 0 saturated carbocycles. The van der Waals surface area contributed by atoms with Crippen molar-refractivity contribution in [3.05, 3.63) is 23.3 Å². The molecule has 1 N–H and O–H groups in total. The van der Waals surface area contributed by atoms with Crippen molar-refractivity contribution in [3.8, 4) is 11.5 Å². The molecule has 1 aromatic carbocycles. The van der Waals surface area contributed by atoms with Gasteiger partial charge in [-0.25, -0.2) is 0 Å². The zero-order chi connectivity index (χ0) is 15.2. The Morgan fingerprint density at radius 2 is 1.90 bits per heavy atom. The number of rotatable bonds is 6. The van der Waals surface area contributed by atoms with Gasteiger partial charge in [-0.15, -0.1) is 0 Å². The molecule has 0 amide bonds. The van der Waals surface area contributed by atoms with E-state index in [0.29, 0.717) is 6.04 Å². The highest BCUT2D eigenvalue weighted by molar-refractivity contribution is 5.47. The van der Waals surface area contributed by atoms with Gasteiger partial charge in [-0.3, -0.25) is 0 Å². The zero-order valence-corrected chi connectivity index (χ0v) is 13.7. The van der Waals surface area contributed by atoms with Crippen LogP contribution in [0.15, 0.2) is 12.1 Å². The fraction of sp³-hybridized carbons (Fsp3) is 0.647. The molecule has 0 radical (unpaired) electrons. The third-order valence-corrected chi connectivity index (χ3v) is 4.23. The molecule has 4 heteroatoms. The summed E-state index contributed by atoms with van der Waals surface area (Å²) in [5.41, 5.74) is 2.54. The predicted octanol–water partition coefficient (Wildman–Crippen LogP) is 2.59. The van der Waals surface area contributed by atoms with Crippen LogP contribution < -0.4 is 14.8 Å². The van der Waals surface area contributed by atoms with Gasteiger partial charge in [0, 0.05) is 19.1 Å². The van der Waals surface area contributed by atoms with Gasteiger partial charge in [0.05, 0.1) is 14.2 Å². The lowest BCUT2D eigenvalue weighted by Crippen LogP contribution is -2.42. The molecule has 2 rings (SSSR count). The van der Waals surface area contributed by atoms with E-state index in [1.54, 1.807) is 14.2 Å². The van der Waals surface area contributed by atoms with Crippen LogP contribution in [0.3, 0.4) is 0 Å².